The van der Waals surface area contributed by atoms with Gasteiger partial charge in [0, 0.05) is 11.3 Å². The molecule has 6 heteroatoms. The van der Waals surface area contributed by atoms with Gasteiger partial charge in [-0.15, -0.1) is 0 Å². The van der Waals surface area contributed by atoms with Gasteiger partial charge in [0.1, 0.15) is 0 Å². The standard InChI is InChI=1S/C18H21N3O3/c1-11-7-12(2)17(13(3)8-11)19-10-16(23)21-20-9-14-5-4-6-15(22)18(14)24/h4-9,19,22,24H,10H2,1-3H3,(H,21,23)/b20-9+. The number of para-hydroxylation sites is 1. The average Bonchev–Trinajstić information content (AvgIpc) is 2.50. The van der Waals surface area contributed by atoms with Crippen LogP contribution in [0.1, 0.15) is 22.3 Å². The molecule has 126 valence electrons. The molecule has 0 atom stereocenters. The van der Waals surface area contributed by atoms with E-state index in [0.29, 0.717) is 5.56 Å². The molecule has 2 rings (SSSR count). The number of hydrazone groups is 1. The highest BCUT2D eigenvalue weighted by atomic mass is 16.3. The molecule has 0 radical (unpaired) electrons. The fourth-order valence-electron chi connectivity index (χ4n) is 2.49. The van der Waals surface area contributed by atoms with Crippen molar-refractivity contribution in [2.75, 3.05) is 11.9 Å². The smallest absolute Gasteiger partial charge is 0.259 e. The van der Waals surface area contributed by atoms with Gasteiger partial charge in [-0.2, -0.15) is 5.10 Å². The van der Waals surface area contributed by atoms with Gasteiger partial charge in [-0.25, -0.2) is 5.43 Å². The molecule has 0 aliphatic rings. The van der Waals surface area contributed by atoms with Crippen molar-refractivity contribution < 1.29 is 15.0 Å². The molecule has 2 aromatic rings. The monoisotopic (exact) mass is 327 g/mol. The summed E-state index contributed by atoms with van der Waals surface area (Å²) in [4.78, 5) is 11.8. The molecule has 0 aromatic heterocycles. The van der Waals surface area contributed by atoms with Crippen LogP contribution >= 0.6 is 0 Å². The maximum Gasteiger partial charge on any atom is 0.259 e. The number of anilines is 1. The summed E-state index contributed by atoms with van der Waals surface area (Å²) >= 11 is 0. The van der Waals surface area contributed by atoms with E-state index in [4.69, 9.17) is 0 Å². The molecule has 0 heterocycles. The van der Waals surface area contributed by atoms with E-state index in [9.17, 15) is 15.0 Å². The van der Waals surface area contributed by atoms with Gasteiger partial charge in [0.05, 0.1) is 12.8 Å². The SMILES string of the molecule is Cc1cc(C)c(NCC(=O)N/N=C/c2cccc(O)c2O)c(C)c1. The van der Waals surface area contributed by atoms with E-state index >= 15 is 0 Å². The molecular weight excluding hydrogens is 306 g/mol. The quantitative estimate of drug-likeness (QED) is 0.386. The number of nitrogens with zero attached hydrogens (tertiary/aromatic N) is 1. The number of phenolic OH excluding ortho intramolecular Hbond substituents is 2. The van der Waals surface area contributed by atoms with E-state index in [1.807, 2.05) is 20.8 Å². The number of amides is 1. The molecule has 4 N–H and O–H groups in total. The van der Waals surface area contributed by atoms with Crippen LogP contribution in [0.15, 0.2) is 35.4 Å². The zero-order chi connectivity index (χ0) is 17.7. The van der Waals surface area contributed by atoms with Gasteiger partial charge < -0.3 is 15.5 Å². The van der Waals surface area contributed by atoms with E-state index in [1.54, 1.807) is 12.1 Å². The number of carbonyl (C=O) groups is 1. The number of aryl methyl sites for hydroxylation is 3. The lowest BCUT2D eigenvalue weighted by molar-refractivity contribution is -0.119. The van der Waals surface area contributed by atoms with Gasteiger partial charge >= 0.3 is 0 Å². The third-order valence-corrected chi connectivity index (χ3v) is 3.54. The zero-order valence-corrected chi connectivity index (χ0v) is 13.9. The topological polar surface area (TPSA) is 94.0 Å². The minimum absolute atomic E-state index is 0.0775. The summed E-state index contributed by atoms with van der Waals surface area (Å²) in [5.74, 6) is -0.831. The largest absolute Gasteiger partial charge is 0.504 e. The number of hydrogen-bond donors (Lipinski definition) is 4. The number of hydrogen-bond acceptors (Lipinski definition) is 5. The third kappa shape index (κ3) is 4.25. The van der Waals surface area contributed by atoms with Crippen LogP contribution in [0.2, 0.25) is 0 Å². The molecule has 0 saturated carbocycles. The lowest BCUT2D eigenvalue weighted by Gasteiger charge is -2.13. The number of rotatable bonds is 5. The maximum atomic E-state index is 11.8. The molecule has 0 unspecified atom stereocenters. The first-order valence-corrected chi connectivity index (χ1v) is 7.53. The Hall–Kier alpha value is -3.02. The van der Waals surface area contributed by atoms with Crippen LogP contribution in [-0.4, -0.2) is 28.9 Å². The van der Waals surface area contributed by atoms with Gasteiger partial charge in [0.2, 0.25) is 0 Å². The molecule has 0 saturated heterocycles. The Balaban J connectivity index is 1.92. The molecule has 0 bridgehead atoms. The highest BCUT2D eigenvalue weighted by Crippen LogP contribution is 2.26. The summed E-state index contributed by atoms with van der Waals surface area (Å²) in [6.45, 7) is 6.09. The van der Waals surface area contributed by atoms with Crippen molar-refractivity contribution in [1.82, 2.24) is 5.43 Å². The second kappa shape index (κ2) is 7.50. The van der Waals surface area contributed by atoms with Crippen molar-refractivity contribution in [3.63, 3.8) is 0 Å². The Kier molecular flexibility index (Phi) is 5.42. The number of carbonyl (C=O) groups excluding carboxylic acids is 1. The lowest BCUT2D eigenvalue weighted by Crippen LogP contribution is -2.26. The summed E-state index contributed by atoms with van der Waals surface area (Å²) in [5, 5.41) is 25.9. The molecule has 1 amide bonds. The summed E-state index contributed by atoms with van der Waals surface area (Å²) in [6.07, 6.45) is 1.27. The van der Waals surface area contributed by atoms with Gasteiger partial charge in [-0.05, 0) is 44.0 Å². The van der Waals surface area contributed by atoms with E-state index in [1.165, 1.54) is 17.8 Å². The Morgan fingerprint density at radius 2 is 1.83 bits per heavy atom. The second-order valence-corrected chi connectivity index (χ2v) is 5.64. The van der Waals surface area contributed by atoms with Crippen LogP contribution in [0.3, 0.4) is 0 Å². The number of benzene rings is 2. The summed E-state index contributed by atoms with van der Waals surface area (Å²) in [6, 6.07) is 8.61. The average molecular weight is 327 g/mol. The van der Waals surface area contributed by atoms with Crippen molar-refractivity contribution in [3.8, 4) is 11.5 Å². The Bertz CT molecular complexity index is 762. The van der Waals surface area contributed by atoms with Crippen LogP contribution in [0.5, 0.6) is 11.5 Å². The summed E-state index contributed by atoms with van der Waals surface area (Å²) < 4.78 is 0. The van der Waals surface area contributed by atoms with E-state index in [0.717, 1.165) is 16.8 Å². The Morgan fingerprint density at radius 1 is 1.17 bits per heavy atom. The number of phenols is 2. The van der Waals surface area contributed by atoms with Crippen molar-refractivity contribution in [2.45, 2.75) is 20.8 Å². The summed E-state index contributed by atoms with van der Waals surface area (Å²) in [7, 11) is 0. The molecule has 0 aliphatic heterocycles. The molecule has 0 fully saturated rings. The van der Waals surface area contributed by atoms with Gasteiger partial charge in [-0.3, -0.25) is 4.79 Å². The lowest BCUT2D eigenvalue weighted by atomic mass is 10.1. The number of nitrogens with one attached hydrogen (secondary N) is 2. The van der Waals surface area contributed by atoms with E-state index < -0.39 is 0 Å². The van der Waals surface area contributed by atoms with Crippen molar-refractivity contribution in [2.24, 2.45) is 5.10 Å². The summed E-state index contributed by atoms with van der Waals surface area (Å²) in [5.41, 5.74) is 6.95. The first-order valence-electron chi connectivity index (χ1n) is 7.53. The minimum Gasteiger partial charge on any atom is -0.504 e. The van der Waals surface area contributed by atoms with Crippen molar-refractivity contribution in [3.05, 3.63) is 52.6 Å². The maximum absolute atomic E-state index is 11.8. The van der Waals surface area contributed by atoms with Crippen LogP contribution < -0.4 is 10.7 Å². The van der Waals surface area contributed by atoms with Crippen molar-refractivity contribution in [1.29, 1.82) is 0 Å². The van der Waals surface area contributed by atoms with Gasteiger partial charge in [0.15, 0.2) is 11.5 Å². The van der Waals surface area contributed by atoms with Gasteiger partial charge in [0.25, 0.3) is 5.91 Å². The molecule has 2 aromatic carbocycles. The number of aromatic hydroxyl groups is 2. The second-order valence-electron chi connectivity index (χ2n) is 5.64. The molecule has 0 spiro atoms. The van der Waals surface area contributed by atoms with E-state index in [-0.39, 0.29) is 24.0 Å². The fourth-order valence-corrected chi connectivity index (χ4v) is 2.49. The Labute approximate surface area is 140 Å². The van der Waals surface area contributed by atoms with Crippen LogP contribution in [-0.2, 0) is 4.79 Å². The first-order chi connectivity index (χ1) is 11.4. The third-order valence-electron chi connectivity index (χ3n) is 3.54. The normalized spacial score (nSPS) is 10.8. The van der Waals surface area contributed by atoms with Gasteiger partial charge in [-0.1, -0.05) is 23.8 Å². The van der Waals surface area contributed by atoms with E-state index in [2.05, 4.69) is 28.0 Å². The Morgan fingerprint density at radius 3 is 2.50 bits per heavy atom. The van der Waals surface area contributed by atoms with Crippen LogP contribution in [0.25, 0.3) is 0 Å². The van der Waals surface area contributed by atoms with Crippen LogP contribution in [0.4, 0.5) is 5.69 Å². The molecule has 24 heavy (non-hydrogen) atoms. The van der Waals surface area contributed by atoms with Crippen LogP contribution in [0, 0.1) is 20.8 Å². The highest BCUT2D eigenvalue weighted by Gasteiger charge is 2.06. The fraction of sp³-hybridized carbons (Fsp3) is 0.222. The first kappa shape index (κ1) is 17.3. The van der Waals surface area contributed by atoms with Crippen molar-refractivity contribution >= 4 is 17.8 Å². The minimum atomic E-state index is -0.315. The predicted octanol–water partition coefficient (Wildman–Crippen LogP) is 2.59. The molecular formula is C18H21N3O3. The molecule has 6 nitrogen and oxygen atoms in total. The predicted molar refractivity (Wildman–Crippen MR) is 94.7 cm³/mol. The zero-order valence-electron chi connectivity index (χ0n) is 13.9. The highest BCUT2D eigenvalue weighted by molar-refractivity contribution is 5.87. The molecule has 0 aliphatic carbocycles.